The molecule has 0 atom stereocenters. The molecular formula is C26H15BrO. The molecule has 132 valence electrons. The Hall–Kier alpha value is -3.10. The van der Waals surface area contributed by atoms with Crippen molar-refractivity contribution in [2.24, 2.45) is 0 Å². The van der Waals surface area contributed by atoms with Gasteiger partial charge in [-0.05, 0) is 51.4 Å². The van der Waals surface area contributed by atoms with Crippen molar-refractivity contribution in [1.29, 1.82) is 0 Å². The lowest BCUT2D eigenvalue weighted by Crippen LogP contribution is -1.82. The Kier molecular flexibility index (Phi) is 3.38. The highest BCUT2D eigenvalue weighted by atomic mass is 79.9. The topological polar surface area (TPSA) is 13.1 Å². The highest BCUT2D eigenvalue weighted by Gasteiger charge is 2.17. The molecule has 0 aliphatic rings. The lowest BCUT2D eigenvalue weighted by Gasteiger charge is -2.07. The summed E-state index contributed by atoms with van der Waals surface area (Å²) in [7, 11) is 0. The molecule has 1 nitrogen and oxygen atoms in total. The van der Waals surface area contributed by atoms with E-state index >= 15 is 0 Å². The van der Waals surface area contributed by atoms with Crippen LogP contribution in [-0.2, 0) is 0 Å². The normalized spacial score (nSPS) is 11.8. The third-order valence-corrected chi connectivity index (χ3v) is 6.04. The molecule has 0 bridgehead atoms. The van der Waals surface area contributed by atoms with Gasteiger partial charge in [0.25, 0.3) is 0 Å². The van der Waals surface area contributed by atoms with Gasteiger partial charge in [-0.1, -0.05) is 82.7 Å². The maximum Gasteiger partial charge on any atom is 0.143 e. The summed E-state index contributed by atoms with van der Waals surface area (Å²) in [6.07, 6.45) is 0. The van der Waals surface area contributed by atoms with Gasteiger partial charge in [0, 0.05) is 20.8 Å². The van der Waals surface area contributed by atoms with E-state index in [0.29, 0.717) is 0 Å². The van der Waals surface area contributed by atoms with Crippen LogP contribution in [0.3, 0.4) is 0 Å². The summed E-state index contributed by atoms with van der Waals surface area (Å²) in [6, 6.07) is 32.0. The molecule has 1 heterocycles. The van der Waals surface area contributed by atoms with E-state index in [4.69, 9.17) is 4.42 Å². The van der Waals surface area contributed by atoms with Crippen molar-refractivity contribution in [3.63, 3.8) is 0 Å². The maximum atomic E-state index is 6.47. The van der Waals surface area contributed by atoms with Crippen LogP contribution in [0, 0.1) is 0 Å². The van der Waals surface area contributed by atoms with Crippen LogP contribution in [0.5, 0.6) is 0 Å². The molecule has 0 saturated carbocycles. The molecule has 0 spiro atoms. The fraction of sp³-hybridized carbons (Fsp3) is 0. The molecule has 0 amide bonds. The zero-order valence-electron chi connectivity index (χ0n) is 14.9. The van der Waals surface area contributed by atoms with E-state index < -0.39 is 0 Å². The van der Waals surface area contributed by atoms with Crippen LogP contribution in [0.1, 0.15) is 0 Å². The number of furan rings is 1. The molecule has 6 rings (SSSR count). The Bertz CT molecular complexity index is 1510. The van der Waals surface area contributed by atoms with Gasteiger partial charge in [-0.3, -0.25) is 0 Å². The third kappa shape index (κ3) is 2.25. The van der Waals surface area contributed by atoms with Gasteiger partial charge in [0.2, 0.25) is 0 Å². The van der Waals surface area contributed by atoms with Crippen molar-refractivity contribution in [3.05, 3.63) is 95.5 Å². The van der Waals surface area contributed by atoms with E-state index in [1.54, 1.807) is 0 Å². The molecule has 0 radical (unpaired) electrons. The maximum absolute atomic E-state index is 6.47. The quantitative estimate of drug-likeness (QED) is 0.259. The summed E-state index contributed by atoms with van der Waals surface area (Å²) in [4.78, 5) is 0. The number of halogens is 1. The number of hydrogen-bond acceptors (Lipinski definition) is 1. The number of fused-ring (bicyclic) bond motifs is 7. The van der Waals surface area contributed by atoms with Gasteiger partial charge in [0.1, 0.15) is 11.2 Å². The van der Waals surface area contributed by atoms with E-state index in [1.807, 2.05) is 0 Å². The number of benzene rings is 5. The molecule has 0 aliphatic carbocycles. The Balaban J connectivity index is 1.88. The van der Waals surface area contributed by atoms with Gasteiger partial charge in [-0.2, -0.15) is 0 Å². The second-order valence-electron chi connectivity index (χ2n) is 7.12. The summed E-state index contributed by atoms with van der Waals surface area (Å²) in [6.45, 7) is 0. The third-order valence-electron chi connectivity index (χ3n) is 5.51. The van der Waals surface area contributed by atoms with Crippen molar-refractivity contribution in [2.75, 3.05) is 0 Å². The molecule has 6 aromatic rings. The summed E-state index contributed by atoms with van der Waals surface area (Å²) in [5.74, 6) is 0. The lowest BCUT2D eigenvalue weighted by molar-refractivity contribution is 0.670. The lowest BCUT2D eigenvalue weighted by atomic mass is 9.95. The Morgan fingerprint density at radius 2 is 1.29 bits per heavy atom. The van der Waals surface area contributed by atoms with E-state index in [1.165, 1.54) is 32.3 Å². The van der Waals surface area contributed by atoms with Crippen LogP contribution in [-0.4, -0.2) is 0 Å². The fourth-order valence-electron chi connectivity index (χ4n) is 4.23. The van der Waals surface area contributed by atoms with E-state index in [9.17, 15) is 0 Å². The largest absolute Gasteiger partial charge is 0.455 e. The molecule has 28 heavy (non-hydrogen) atoms. The van der Waals surface area contributed by atoms with Crippen LogP contribution in [0.25, 0.3) is 54.6 Å². The molecule has 5 aromatic carbocycles. The van der Waals surface area contributed by atoms with Crippen LogP contribution in [0.15, 0.2) is 99.9 Å². The highest BCUT2D eigenvalue weighted by molar-refractivity contribution is 9.10. The van der Waals surface area contributed by atoms with Gasteiger partial charge in [-0.25, -0.2) is 0 Å². The van der Waals surface area contributed by atoms with Crippen molar-refractivity contribution in [3.8, 4) is 11.1 Å². The highest BCUT2D eigenvalue weighted by Crippen LogP contribution is 2.43. The summed E-state index contributed by atoms with van der Waals surface area (Å²) >= 11 is 3.54. The van der Waals surface area contributed by atoms with Gasteiger partial charge in [0.15, 0.2) is 0 Å². The monoisotopic (exact) mass is 422 g/mol. The second-order valence-corrected chi connectivity index (χ2v) is 8.03. The molecule has 0 unspecified atom stereocenters. The Morgan fingerprint density at radius 1 is 0.607 bits per heavy atom. The molecule has 1 aromatic heterocycles. The van der Waals surface area contributed by atoms with Crippen molar-refractivity contribution >= 4 is 59.4 Å². The molecule has 2 heteroatoms. The van der Waals surface area contributed by atoms with Gasteiger partial charge in [-0.15, -0.1) is 0 Å². The molecule has 0 fully saturated rings. The van der Waals surface area contributed by atoms with Crippen molar-refractivity contribution in [1.82, 2.24) is 0 Å². The average molecular weight is 423 g/mol. The van der Waals surface area contributed by atoms with Crippen LogP contribution < -0.4 is 0 Å². The first-order valence-corrected chi connectivity index (χ1v) is 10.1. The van der Waals surface area contributed by atoms with Crippen molar-refractivity contribution < 1.29 is 4.42 Å². The predicted molar refractivity (Wildman–Crippen MR) is 122 cm³/mol. The van der Waals surface area contributed by atoms with Crippen LogP contribution in [0.2, 0.25) is 0 Å². The predicted octanol–water partition coefficient (Wildman–Crippen LogP) is 8.32. The van der Waals surface area contributed by atoms with Gasteiger partial charge in [0.05, 0.1) is 0 Å². The minimum Gasteiger partial charge on any atom is -0.455 e. The van der Waals surface area contributed by atoms with E-state index in [-0.39, 0.29) is 0 Å². The molecule has 0 N–H and O–H groups in total. The number of hydrogen-bond donors (Lipinski definition) is 0. The zero-order chi connectivity index (χ0) is 18.7. The smallest absolute Gasteiger partial charge is 0.143 e. The van der Waals surface area contributed by atoms with Crippen LogP contribution >= 0.6 is 15.9 Å². The zero-order valence-corrected chi connectivity index (χ0v) is 16.5. The second kappa shape index (κ2) is 5.95. The minimum absolute atomic E-state index is 0.934. The minimum atomic E-state index is 0.934. The first-order chi connectivity index (χ1) is 13.8. The summed E-state index contributed by atoms with van der Waals surface area (Å²) in [5, 5.41) is 7.32. The van der Waals surface area contributed by atoms with Crippen LogP contribution in [0.4, 0.5) is 0 Å². The van der Waals surface area contributed by atoms with E-state index in [0.717, 1.165) is 26.8 Å². The summed E-state index contributed by atoms with van der Waals surface area (Å²) < 4.78 is 7.55. The molecular weight excluding hydrogens is 408 g/mol. The average Bonchev–Trinajstić information content (AvgIpc) is 3.14. The Morgan fingerprint density at radius 3 is 2.07 bits per heavy atom. The molecule has 0 saturated heterocycles. The SMILES string of the molecule is Brc1ccc(-c2cc3ccccc3c3c2oc2ccc4ccccc4c23)cc1. The van der Waals surface area contributed by atoms with Gasteiger partial charge >= 0.3 is 0 Å². The summed E-state index contributed by atoms with van der Waals surface area (Å²) in [5.41, 5.74) is 4.17. The van der Waals surface area contributed by atoms with Crippen molar-refractivity contribution in [2.45, 2.75) is 0 Å². The molecule has 0 aliphatic heterocycles. The Labute approximate surface area is 170 Å². The first-order valence-electron chi connectivity index (χ1n) is 9.31. The van der Waals surface area contributed by atoms with Gasteiger partial charge < -0.3 is 4.42 Å². The fourth-order valence-corrected chi connectivity index (χ4v) is 4.50. The van der Waals surface area contributed by atoms with E-state index in [2.05, 4.69) is 107 Å². The standard InChI is InChI=1S/C26H15BrO/c27-19-12-9-17(10-13-19)22-15-18-6-2-4-8-21(18)25-24-20-7-3-1-5-16(20)11-14-23(24)28-26(22)25/h1-15H. The number of rotatable bonds is 1. The first kappa shape index (κ1) is 15.9.